The number of oxime groups is 1. The molecule has 90 valence electrons. The van der Waals surface area contributed by atoms with E-state index in [4.69, 9.17) is 9.57 Å². The second kappa shape index (κ2) is 4.07. The zero-order valence-corrected chi connectivity index (χ0v) is 10.2. The number of hydrogen-bond donors (Lipinski definition) is 0. The molecule has 0 aromatic heterocycles. The van der Waals surface area contributed by atoms with Crippen molar-refractivity contribution in [1.29, 1.82) is 0 Å². The lowest BCUT2D eigenvalue weighted by Crippen LogP contribution is -2.43. The Bertz CT molecular complexity index is 320. The van der Waals surface area contributed by atoms with Gasteiger partial charge in [-0.05, 0) is 25.7 Å². The Morgan fingerprint density at radius 1 is 1.62 bits per heavy atom. The maximum atomic E-state index is 12.0. The van der Waals surface area contributed by atoms with Crippen LogP contribution in [0.15, 0.2) is 5.16 Å². The molecule has 1 fully saturated rings. The first-order valence-corrected chi connectivity index (χ1v) is 6.02. The van der Waals surface area contributed by atoms with Crippen molar-refractivity contribution in [3.8, 4) is 0 Å². The Kier molecular flexibility index (Phi) is 2.91. The fraction of sp³-hybridized carbons (Fsp3) is 0.833. The van der Waals surface area contributed by atoms with Crippen LogP contribution in [-0.2, 0) is 14.4 Å². The highest BCUT2D eigenvalue weighted by Crippen LogP contribution is 2.47. The van der Waals surface area contributed by atoms with Gasteiger partial charge in [0.25, 0.3) is 0 Å². The van der Waals surface area contributed by atoms with Crippen molar-refractivity contribution in [1.82, 2.24) is 0 Å². The van der Waals surface area contributed by atoms with E-state index in [1.165, 1.54) is 0 Å². The molecule has 1 aliphatic heterocycles. The monoisotopic (exact) mass is 225 g/mol. The molecule has 1 unspecified atom stereocenters. The topological polar surface area (TPSA) is 47.9 Å². The lowest BCUT2D eigenvalue weighted by atomic mass is 9.88. The van der Waals surface area contributed by atoms with Crippen molar-refractivity contribution in [3.05, 3.63) is 0 Å². The second-order valence-electron chi connectivity index (χ2n) is 4.89. The molecule has 1 heterocycles. The number of esters is 1. The molecular weight excluding hydrogens is 206 g/mol. The molecule has 0 aromatic carbocycles. The SMILES string of the molecule is CCOC(=O)C1(C2CC2)CC(C(C)C)=NO1. The lowest BCUT2D eigenvalue weighted by Gasteiger charge is -2.24. The highest BCUT2D eigenvalue weighted by Gasteiger charge is 2.58. The predicted octanol–water partition coefficient (Wildman–Crippen LogP) is 2.13. The summed E-state index contributed by atoms with van der Waals surface area (Å²) in [4.78, 5) is 17.5. The van der Waals surface area contributed by atoms with Gasteiger partial charge in [-0.2, -0.15) is 0 Å². The van der Waals surface area contributed by atoms with Crippen molar-refractivity contribution in [2.45, 2.75) is 45.6 Å². The van der Waals surface area contributed by atoms with E-state index >= 15 is 0 Å². The Labute approximate surface area is 96.0 Å². The number of carbonyl (C=O) groups excluding carboxylic acids is 1. The Morgan fingerprint density at radius 3 is 2.75 bits per heavy atom. The maximum absolute atomic E-state index is 12.0. The Morgan fingerprint density at radius 2 is 2.31 bits per heavy atom. The third-order valence-corrected chi connectivity index (χ3v) is 3.29. The number of nitrogens with zero attached hydrogens (tertiary/aromatic N) is 1. The molecule has 4 nitrogen and oxygen atoms in total. The minimum absolute atomic E-state index is 0.239. The van der Waals surface area contributed by atoms with Crippen LogP contribution in [0.4, 0.5) is 0 Å². The van der Waals surface area contributed by atoms with Crippen LogP contribution in [0.1, 0.15) is 40.0 Å². The first kappa shape index (κ1) is 11.4. The molecule has 0 aromatic rings. The van der Waals surface area contributed by atoms with Crippen LogP contribution in [0.3, 0.4) is 0 Å². The fourth-order valence-electron chi connectivity index (χ4n) is 2.08. The number of hydrogen-bond acceptors (Lipinski definition) is 4. The summed E-state index contributed by atoms with van der Waals surface area (Å²) in [6.45, 7) is 6.35. The van der Waals surface area contributed by atoms with Crippen LogP contribution in [0, 0.1) is 11.8 Å². The van der Waals surface area contributed by atoms with Crippen LogP contribution in [0.2, 0.25) is 0 Å². The molecule has 0 saturated heterocycles. The molecule has 1 saturated carbocycles. The summed E-state index contributed by atoms with van der Waals surface area (Å²) in [5, 5.41) is 4.07. The Hall–Kier alpha value is -1.06. The molecule has 4 heteroatoms. The highest BCUT2D eigenvalue weighted by atomic mass is 16.7. The first-order valence-electron chi connectivity index (χ1n) is 6.02. The van der Waals surface area contributed by atoms with Crippen LogP contribution in [0.25, 0.3) is 0 Å². The molecule has 0 radical (unpaired) electrons. The van der Waals surface area contributed by atoms with Gasteiger partial charge in [0.1, 0.15) is 0 Å². The molecule has 2 rings (SSSR count). The summed E-state index contributed by atoms with van der Waals surface area (Å²) in [6, 6.07) is 0. The Balaban J connectivity index is 2.11. The normalized spacial score (nSPS) is 28.9. The van der Waals surface area contributed by atoms with Gasteiger partial charge < -0.3 is 9.57 Å². The van der Waals surface area contributed by atoms with E-state index in [0.29, 0.717) is 24.9 Å². The van der Waals surface area contributed by atoms with Crippen molar-refractivity contribution < 1.29 is 14.4 Å². The fourth-order valence-corrected chi connectivity index (χ4v) is 2.08. The van der Waals surface area contributed by atoms with Crippen molar-refractivity contribution in [2.75, 3.05) is 6.61 Å². The quantitative estimate of drug-likeness (QED) is 0.689. The number of ether oxygens (including phenoxy) is 1. The zero-order valence-electron chi connectivity index (χ0n) is 10.2. The summed E-state index contributed by atoms with van der Waals surface area (Å²) in [7, 11) is 0. The van der Waals surface area contributed by atoms with Gasteiger partial charge in [-0.15, -0.1) is 0 Å². The van der Waals surface area contributed by atoms with Gasteiger partial charge in [-0.1, -0.05) is 19.0 Å². The van der Waals surface area contributed by atoms with Gasteiger partial charge in [0.05, 0.1) is 12.3 Å². The maximum Gasteiger partial charge on any atom is 0.354 e. The van der Waals surface area contributed by atoms with E-state index in [1.54, 1.807) is 0 Å². The van der Waals surface area contributed by atoms with Gasteiger partial charge in [0.15, 0.2) is 0 Å². The summed E-state index contributed by atoms with van der Waals surface area (Å²) in [5.74, 6) is 0.388. The molecule has 1 atom stereocenters. The van der Waals surface area contributed by atoms with Gasteiger partial charge in [-0.25, -0.2) is 4.79 Å². The number of rotatable bonds is 4. The van der Waals surface area contributed by atoms with Crippen LogP contribution >= 0.6 is 0 Å². The molecule has 0 spiro atoms. The second-order valence-corrected chi connectivity index (χ2v) is 4.89. The van der Waals surface area contributed by atoms with Gasteiger partial charge in [-0.3, -0.25) is 0 Å². The van der Waals surface area contributed by atoms with Crippen LogP contribution < -0.4 is 0 Å². The van der Waals surface area contributed by atoms with Crippen molar-refractivity contribution in [2.24, 2.45) is 17.0 Å². The van der Waals surface area contributed by atoms with Crippen LogP contribution in [-0.4, -0.2) is 23.9 Å². The van der Waals surface area contributed by atoms with Gasteiger partial charge in [0, 0.05) is 12.3 Å². The smallest absolute Gasteiger partial charge is 0.354 e. The minimum Gasteiger partial charge on any atom is -0.463 e. The molecule has 1 aliphatic carbocycles. The van der Waals surface area contributed by atoms with E-state index in [2.05, 4.69) is 19.0 Å². The van der Waals surface area contributed by atoms with E-state index < -0.39 is 5.60 Å². The molecule has 16 heavy (non-hydrogen) atoms. The summed E-state index contributed by atoms with van der Waals surface area (Å²) >= 11 is 0. The molecular formula is C12H19NO3. The van der Waals surface area contributed by atoms with Crippen molar-refractivity contribution >= 4 is 11.7 Å². The average molecular weight is 225 g/mol. The molecule has 0 N–H and O–H groups in total. The minimum atomic E-state index is -0.796. The highest BCUT2D eigenvalue weighted by molar-refractivity contribution is 5.95. The van der Waals surface area contributed by atoms with Gasteiger partial charge in [0.2, 0.25) is 5.60 Å². The molecule has 0 bridgehead atoms. The van der Waals surface area contributed by atoms with E-state index in [-0.39, 0.29) is 5.97 Å². The van der Waals surface area contributed by atoms with Crippen LogP contribution in [0.5, 0.6) is 0 Å². The average Bonchev–Trinajstić information content (AvgIpc) is 2.98. The summed E-state index contributed by atoms with van der Waals surface area (Å²) in [5.41, 5.74) is 0.176. The van der Waals surface area contributed by atoms with Gasteiger partial charge >= 0.3 is 5.97 Å². The largest absolute Gasteiger partial charge is 0.463 e. The summed E-state index contributed by atoms with van der Waals surface area (Å²) in [6.07, 6.45) is 2.69. The van der Waals surface area contributed by atoms with E-state index in [9.17, 15) is 4.79 Å². The predicted molar refractivity (Wildman–Crippen MR) is 60.1 cm³/mol. The van der Waals surface area contributed by atoms with E-state index in [1.807, 2.05) is 6.92 Å². The van der Waals surface area contributed by atoms with Crippen molar-refractivity contribution in [3.63, 3.8) is 0 Å². The lowest BCUT2D eigenvalue weighted by molar-refractivity contribution is -0.172. The molecule has 2 aliphatic rings. The third kappa shape index (κ3) is 1.81. The number of carbonyl (C=O) groups is 1. The van der Waals surface area contributed by atoms with E-state index in [0.717, 1.165) is 18.6 Å². The molecule has 0 amide bonds. The zero-order chi connectivity index (χ0) is 11.8. The third-order valence-electron chi connectivity index (χ3n) is 3.29. The summed E-state index contributed by atoms with van der Waals surface area (Å²) < 4.78 is 5.12. The first-order chi connectivity index (χ1) is 7.60. The standard InChI is InChI=1S/C12H19NO3/c1-4-15-11(14)12(9-5-6-9)7-10(8(2)3)13-16-12/h8-9H,4-7H2,1-3H3.